The first-order valence-electron chi connectivity index (χ1n) is 19.4. The van der Waals surface area contributed by atoms with Crippen LogP contribution in [-0.4, -0.2) is 93.2 Å². The molecule has 7 rings (SSSR count). The number of nitrogen functional groups attached to an aromatic ring is 1. The average molecular weight is 794 g/mol. The predicted octanol–water partition coefficient (Wildman–Crippen LogP) is 7.84. The molecule has 2 fully saturated rings. The van der Waals surface area contributed by atoms with Crippen LogP contribution in [0.5, 0.6) is 0 Å². The molecule has 300 valence electrons. The zero-order valence-corrected chi connectivity index (χ0v) is 34.3. The van der Waals surface area contributed by atoms with E-state index < -0.39 is 29.9 Å². The summed E-state index contributed by atoms with van der Waals surface area (Å²) in [6.07, 6.45) is 2.98. The van der Waals surface area contributed by atoms with Gasteiger partial charge in [-0.2, -0.15) is 11.8 Å². The summed E-state index contributed by atoms with van der Waals surface area (Å²) in [5, 5.41) is 9.57. The number of nitrogens with one attached hydrogen (secondary N) is 3. The Bertz CT molecular complexity index is 2370. The van der Waals surface area contributed by atoms with Crippen LogP contribution in [0.15, 0.2) is 60.7 Å². The number of rotatable bonds is 8. The van der Waals surface area contributed by atoms with Crippen LogP contribution in [0, 0.1) is 5.92 Å². The first-order valence-corrected chi connectivity index (χ1v) is 20.7. The van der Waals surface area contributed by atoms with Gasteiger partial charge in [-0.25, -0.2) is 14.6 Å². The molecule has 2 saturated heterocycles. The maximum absolute atomic E-state index is 13.7. The Morgan fingerprint density at radius 3 is 2.32 bits per heavy atom. The van der Waals surface area contributed by atoms with Gasteiger partial charge in [0.25, 0.3) is 0 Å². The number of methoxy groups -OCH3 is 1. The van der Waals surface area contributed by atoms with Gasteiger partial charge in [-0.3, -0.25) is 14.5 Å². The molecule has 4 amide bonds. The van der Waals surface area contributed by atoms with Gasteiger partial charge in [0.2, 0.25) is 11.8 Å². The molecule has 1 aromatic heterocycles. The third-order valence-corrected chi connectivity index (χ3v) is 11.9. The Kier molecular flexibility index (Phi) is 11.0. The maximum Gasteiger partial charge on any atom is 0.411 e. The van der Waals surface area contributed by atoms with Crippen molar-refractivity contribution in [3.63, 3.8) is 0 Å². The van der Waals surface area contributed by atoms with E-state index in [1.54, 1.807) is 11.8 Å². The number of benzene rings is 4. The summed E-state index contributed by atoms with van der Waals surface area (Å²) >= 11 is 1.63. The lowest BCUT2D eigenvalue weighted by atomic mass is 9.97. The summed E-state index contributed by atoms with van der Waals surface area (Å²) in [6, 6.07) is 18.6. The summed E-state index contributed by atoms with van der Waals surface area (Å²) in [4.78, 5) is 64.2. The van der Waals surface area contributed by atoms with Crippen LogP contribution >= 0.6 is 11.8 Å². The molecule has 5 aromatic rings. The van der Waals surface area contributed by atoms with Crippen molar-refractivity contribution >= 4 is 79.7 Å². The van der Waals surface area contributed by atoms with Crippen LogP contribution in [0.1, 0.15) is 65.7 Å². The van der Waals surface area contributed by atoms with Crippen molar-refractivity contribution in [1.29, 1.82) is 0 Å². The van der Waals surface area contributed by atoms with E-state index in [1.807, 2.05) is 76.1 Å². The molecule has 5 N–H and O–H groups in total. The van der Waals surface area contributed by atoms with Crippen LogP contribution < -0.4 is 16.4 Å². The number of carbonyl (C=O) groups excluding carboxylic acids is 4. The third kappa shape index (κ3) is 8.05. The van der Waals surface area contributed by atoms with Crippen LogP contribution in [0.3, 0.4) is 0 Å². The standard InChI is InChI=1S/C43H51N7O6S/c1-23(2)36(48-41(53)55-6)40(52)49-18-8-9-33(49)38-45-32-17-13-27-20-25(11-15-30(27)37(32)47-38)24-10-14-29-26(19-24)12-16-31(35(29)44)46-39(51)34-21-28(57-7)22-50(34)42(54)56-43(3,4)5/h10-17,19-20,23,28,33-34,36H,8-9,18,21-22,44H2,1-7H3,(H,45,47)(H,46,51)(H,48,53)/t28-,33-,34-,36-/m0/s1. The Balaban J connectivity index is 1.10. The van der Waals surface area contributed by atoms with Crippen molar-refractivity contribution < 1.29 is 28.7 Å². The molecule has 0 saturated carbocycles. The number of nitrogens with zero attached hydrogens (tertiary/aromatic N) is 3. The Morgan fingerprint density at radius 1 is 0.965 bits per heavy atom. The molecule has 3 heterocycles. The molecule has 0 aliphatic carbocycles. The summed E-state index contributed by atoms with van der Waals surface area (Å²) < 4.78 is 10.4. The maximum atomic E-state index is 13.7. The van der Waals surface area contributed by atoms with Crippen LogP contribution in [0.2, 0.25) is 0 Å². The van der Waals surface area contributed by atoms with Crippen LogP contribution in [0.4, 0.5) is 21.0 Å². The Morgan fingerprint density at radius 2 is 1.65 bits per heavy atom. The van der Waals surface area contributed by atoms with E-state index in [2.05, 4.69) is 45.9 Å². The van der Waals surface area contributed by atoms with E-state index in [-0.39, 0.29) is 29.0 Å². The minimum Gasteiger partial charge on any atom is -0.453 e. The van der Waals surface area contributed by atoms with Crippen LogP contribution in [-0.2, 0) is 19.1 Å². The highest BCUT2D eigenvalue weighted by Gasteiger charge is 2.42. The van der Waals surface area contributed by atoms with Gasteiger partial charge in [-0.15, -0.1) is 0 Å². The Labute approximate surface area is 336 Å². The summed E-state index contributed by atoms with van der Waals surface area (Å²) in [5.41, 5.74) is 10.7. The van der Waals surface area contributed by atoms with Gasteiger partial charge in [0, 0.05) is 29.1 Å². The second kappa shape index (κ2) is 15.8. The molecule has 0 radical (unpaired) electrons. The van der Waals surface area contributed by atoms with Crippen molar-refractivity contribution in [3.05, 3.63) is 66.5 Å². The number of aromatic amines is 1. The number of carbonyl (C=O) groups is 4. The Hall–Kier alpha value is -5.50. The van der Waals surface area contributed by atoms with Crippen LogP contribution in [0.25, 0.3) is 43.7 Å². The molecule has 14 heteroatoms. The molecular formula is C43H51N7O6S. The van der Waals surface area contributed by atoms with Crippen molar-refractivity contribution in [1.82, 2.24) is 25.1 Å². The fraction of sp³-hybridized carbons (Fsp3) is 0.419. The normalized spacial score (nSPS) is 19.1. The topological polar surface area (TPSA) is 172 Å². The molecule has 0 unspecified atom stereocenters. The number of alkyl carbamates (subject to hydrolysis) is 1. The number of H-pyrrole nitrogens is 1. The number of anilines is 2. The molecule has 4 atom stereocenters. The molecule has 0 spiro atoms. The number of imidazole rings is 1. The summed E-state index contributed by atoms with van der Waals surface area (Å²) in [7, 11) is 1.29. The number of thioether (sulfide) groups is 1. The fourth-order valence-corrected chi connectivity index (χ4v) is 8.63. The second-order valence-corrected chi connectivity index (χ2v) is 17.4. The SMILES string of the molecule is COC(=O)N[C@H](C(=O)N1CCC[C@H]1c1nc2c(ccc3cc(-c4ccc5c(N)c(NC(=O)[C@@H]6C[C@H](SC)CN6C(=O)OC(C)(C)C)ccc5c4)ccc32)[nH]1)C(C)C. The van der Waals surface area contributed by atoms with Crippen molar-refractivity contribution in [3.8, 4) is 11.1 Å². The number of ether oxygens (including phenoxy) is 2. The minimum atomic E-state index is -0.704. The smallest absolute Gasteiger partial charge is 0.411 e. The van der Waals surface area contributed by atoms with E-state index in [9.17, 15) is 19.2 Å². The highest BCUT2D eigenvalue weighted by Crippen LogP contribution is 2.37. The molecule has 57 heavy (non-hydrogen) atoms. The third-order valence-electron chi connectivity index (χ3n) is 10.9. The van der Waals surface area contributed by atoms with E-state index in [0.29, 0.717) is 30.9 Å². The molecule has 0 bridgehead atoms. The lowest BCUT2D eigenvalue weighted by molar-refractivity contribution is -0.135. The highest BCUT2D eigenvalue weighted by molar-refractivity contribution is 7.99. The number of likely N-dealkylation sites (tertiary alicyclic amines) is 2. The van der Waals surface area contributed by atoms with E-state index in [4.69, 9.17) is 20.2 Å². The first-order chi connectivity index (χ1) is 27.1. The zero-order valence-electron chi connectivity index (χ0n) is 33.5. The molecular weight excluding hydrogens is 743 g/mol. The van der Waals surface area contributed by atoms with Gasteiger partial charge >= 0.3 is 12.2 Å². The van der Waals surface area contributed by atoms with Gasteiger partial charge in [0.1, 0.15) is 23.5 Å². The van der Waals surface area contributed by atoms with E-state index >= 15 is 0 Å². The van der Waals surface area contributed by atoms with Gasteiger partial charge in [-0.05, 0) is 98.4 Å². The fourth-order valence-electron chi connectivity index (χ4n) is 7.95. The van der Waals surface area contributed by atoms with Gasteiger partial charge < -0.3 is 35.7 Å². The number of amides is 4. The summed E-state index contributed by atoms with van der Waals surface area (Å²) in [6.45, 7) is 10.3. The number of aromatic nitrogens is 2. The minimum absolute atomic E-state index is 0.119. The van der Waals surface area contributed by atoms with Gasteiger partial charge in [-0.1, -0.05) is 50.2 Å². The molecule has 2 aliphatic heterocycles. The molecule has 2 aliphatic rings. The monoisotopic (exact) mass is 793 g/mol. The highest BCUT2D eigenvalue weighted by atomic mass is 32.2. The van der Waals surface area contributed by atoms with E-state index in [0.717, 1.165) is 62.4 Å². The lowest BCUT2D eigenvalue weighted by Crippen LogP contribution is -2.51. The van der Waals surface area contributed by atoms with Gasteiger partial charge in [0.15, 0.2) is 0 Å². The molecule has 4 aromatic carbocycles. The summed E-state index contributed by atoms with van der Waals surface area (Å²) in [5.74, 6) is 0.164. The number of hydrogen-bond donors (Lipinski definition) is 4. The largest absolute Gasteiger partial charge is 0.453 e. The van der Waals surface area contributed by atoms with Crippen molar-refractivity contribution in [2.45, 2.75) is 82.9 Å². The molecule has 13 nitrogen and oxygen atoms in total. The average Bonchev–Trinajstić information content (AvgIpc) is 3.95. The van der Waals surface area contributed by atoms with Crippen molar-refractivity contribution in [2.75, 3.05) is 37.5 Å². The zero-order chi connectivity index (χ0) is 40.8. The number of fused-ring (bicyclic) bond motifs is 4. The van der Waals surface area contributed by atoms with E-state index in [1.165, 1.54) is 12.0 Å². The second-order valence-electron chi connectivity index (χ2n) is 16.3. The van der Waals surface area contributed by atoms with Crippen molar-refractivity contribution in [2.24, 2.45) is 5.92 Å². The predicted molar refractivity (Wildman–Crippen MR) is 226 cm³/mol. The number of nitrogens with two attached hydrogens (primary N) is 1. The van der Waals surface area contributed by atoms with Gasteiger partial charge in [0.05, 0.1) is 35.6 Å². The first kappa shape index (κ1) is 39.7. The number of hydrogen-bond acceptors (Lipinski definition) is 9. The lowest BCUT2D eigenvalue weighted by Gasteiger charge is -2.29. The quantitative estimate of drug-likeness (QED) is 0.114.